The Hall–Kier alpha value is -1.51. The van der Waals surface area contributed by atoms with Gasteiger partial charge in [0.25, 0.3) is 0 Å². The van der Waals surface area contributed by atoms with Crippen LogP contribution in [0.1, 0.15) is 15.9 Å². The first-order valence-electron chi connectivity index (χ1n) is 5.28. The van der Waals surface area contributed by atoms with E-state index in [1.807, 2.05) is 25.1 Å². The Balaban J connectivity index is 2.51. The van der Waals surface area contributed by atoms with Crippen molar-refractivity contribution in [3.8, 4) is 11.1 Å². The first kappa shape index (κ1) is 12.9. The second kappa shape index (κ2) is 5.01. The molecule has 0 aliphatic heterocycles. The van der Waals surface area contributed by atoms with Crippen molar-refractivity contribution in [2.75, 3.05) is 0 Å². The van der Waals surface area contributed by atoms with Crippen molar-refractivity contribution in [1.29, 1.82) is 0 Å². The van der Waals surface area contributed by atoms with E-state index in [-0.39, 0.29) is 5.56 Å². The van der Waals surface area contributed by atoms with Gasteiger partial charge in [-0.15, -0.1) is 0 Å². The van der Waals surface area contributed by atoms with Gasteiger partial charge >= 0.3 is 5.97 Å². The molecule has 2 nitrogen and oxygen atoms in total. The normalized spacial score (nSPS) is 10.4. The van der Waals surface area contributed by atoms with Crippen LogP contribution in [0.15, 0.2) is 36.4 Å². The number of carboxylic acids is 1. The summed E-state index contributed by atoms with van der Waals surface area (Å²) in [6.45, 7) is 1.92. The molecule has 0 atom stereocenters. The van der Waals surface area contributed by atoms with Crippen molar-refractivity contribution in [3.63, 3.8) is 0 Å². The zero-order valence-corrected chi connectivity index (χ0v) is 11.1. The second-order valence-corrected chi connectivity index (χ2v) is 4.78. The maximum Gasteiger partial charge on any atom is 0.335 e. The lowest BCUT2D eigenvalue weighted by atomic mass is 10.0. The van der Waals surface area contributed by atoms with Gasteiger partial charge in [-0.05, 0) is 36.2 Å². The van der Waals surface area contributed by atoms with Gasteiger partial charge in [0.05, 0.1) is 5.56 Å². The third-order valence-corrected chi connectivity index (χ3v) is 3.42. The van der Waals surface area contributed by atoms with Gasteiger partial charge in [-0.25, -0.2) is 4.79 Å². The largest absolute Gasteiger partial charge is 0.478 e. The molecule has 0 aliphatic rings. The SMILES string of the molecule is Cc1ccc(-c2ccc(C(=O)O)cc2Cl)cc1Cl. The number of hydrogen-bond donors (Lipinski definition) is 1. The van der Waals surface area contributed by atoms with Crippen LogP contribution in [0.25, 0.3) is 11.1 Å². The second-order valence-electron chi connectivity index (χ2n) is 3.96. The molecule has 0 saturated heterocycles. The molecule has 2 rings (SSSR count). The summed E-state index contributed by atoms with van der Waals surface area (Å²) in [6.07, 6.45) is 0. The molecule has 0 unspecified atom stereocenters. The van der Waals surface area contributed by atoms with E-state index in [1.54, 1.807) is 6.07 Å². The molecule has 0 heterocycles. The summed E-state index contributed by atoms with van der Waals surface area (Å²) in [5, 5.41) is 9.93. The molecule has 18 heavy (non-hydrogen) atoms. The quantitative estimate of drug-likeness (QED) is 0.868. The minimum absolute atomic E-state index is 0.168. The number of carbonyl (C=O) groups is 1. The predicted molar refractivity (Wildman–Crippen MR) is 73.6 cm³/mol. The molecule has 0 fully saturated rings. The van der Waals surface area contributed by atoms with Crippen molar-refractivity contribution in [2.24, 2.45) is 0 Å². The van der Waals surface area contributed by atoms with E-state index >= 15 is 0 Å². The van der Waals surface area contributed by atoms with Crippen molar-refractivity contribution in [2.45, 2.75) is 6.92 Å². The highest BCUT2D eigenvalue weighted by molar-refractivity contribution is 6.34. The van der Waals surface area contributed by atoms with Gasteiger partial charge in [0.1, 0.15) is 0 Å². The molecule has 2 aromatic rings. The Kier molecular flexibility index (Phi) is 3.60. The maximum atomic E-state index is 10.8. The molecule has 2 aromatic carbocycles. The molecule has 0 aliphatic carbocycles. The summed E-state index contributed by atoms with van der Waals surface area (Å²) in [4.78, 5) is 10.8. The molecular weight excluding hydrogens is 271 g/mol. The average molecular weight is 281 g/mol. The monoisotopic (exact) mass is 280 g/mol. The van der Waals surface area contributed by atoms with E-state index in [2.05, 4.69) is 0 Å². The highest BCUT2D eigenvalue weighted by atomic mass is 35.5. The maximum absolute atomic E-state index is 10.8. The number of aryl methyl sites for hydroxylation is 1. The molecule has 0 aromatic heterocycles. The topological polar surface area (TPSA) is 37.3 Å². The van der Waals surface area contributed by atoms with E-state index < -0.39 is 5.97 Å². The van der Waals surface area contributed by atoms with Crippen LogP contribution in [0, 0.1) is 6.92 Å². The first-order valence-corrected chi connectivity index (χ1v) is 6.04. The van der Waals surface area contributed by atoms with Gasteiger partial charge in [-0.2, -0.15) is 0 Å². The van der Waals surface area contributed by atoms with Crippen molar-refractivity contribution in [1.82, 2.24) is 0 Å². The summed E-state index contributed by atoms with van der Waals surface area (Å²) >= 11 is 12.2. The van der Waals surface area contributed by atoms with Crippen LogP contribution in [0.4, 0.5) is 0 Å². The Morgan fingerprint density at radius 3 is 2.33 bits per heavy atom. The van der Waals surface area contributed by atoms with Crippen LogP contribution in [-0.4, -0.2) is 11.1 Å². The summed E-state index contributed by atoms with van der Waals surface area (Å²) in [6, 6.07) is 10.3. The van der Waals surface area contributed by atoms with Gasteiger partial charge in [0.15, 0.2) is 0 Å². The highest BCUT2D eigenvalue weighted by Crippen LogP contribution is 2.31. The smallest absolute Gasteiger partial charge is 0.335 e. The standard InChI is InChI=1S/C14H10Cl2O2/c1-8-2-3-9(6-12(8)15)11-5-4-10(14(17)18)7-13(11)16/h2-7H,1H3,(H,17,18). The van der Waals surface area contributed by atoms with Crippen molar-refractivity contribution in [3.05, 3.63) is 57.6 Å². The van der Waals surface area contributed by atoms with Gasteiger partial charge in [0.2, 0.25) is 0 Å². The van der Waals surface area contributed by atoms with Crippen LogP contribution < -0.4 is 0 Å². The number of benzene rings is 2. The van der Waals surface area contributed by atoms with Crippen LogP contribution in [-0.2, 0) is 0 Å². The predicted octanol–water partition coefficient (Wildman–Crippen LogP) is 4.67. The Bertz CT molecular complexity index is 621. The third-order valence-electron chi connectivity index (χ3n) is 2.70. The number of rotatable bonds is 2. The Morgan fingerprint density at radius 2 is 1.78 bits per heavy atom. The van der Waals surface area contributed by atoms with Crippen molar-refractivity contribution >= 4 is 29.2 Å². The fourth-order valence-corrected chi connectivity index (χ4v) is 2.11. The number of carboxylic acid groups (broad SMARTS) is 1. The minimum Gasteiger partial charge on any atom is -0.478 e. The molecule has 0 spiro atoms. The van der Waals surface area contributed by atoms with E-state index in [9.17, 15) is 4.79 Å². The first-order chi connectivity index (χ1) is 8.49. The van der Waals surface area contributed by atoms with Gasteiger partial charge in [0, 0.05) is 15.6 Å². The zero-order valence-electron chi connectivity index (χ0n) is 9.58. The van der Waals surface area contributed by atoms with Gasteiger partial charge in [-0.1, -0.05) is 41.4 Å². The lowest BCUT2D eigenvalue weighted by Crippen LogP contribution is -1.96. The molecule has 0 bridgehead atoms. The van der Waals surface area contributed by atoms with Crippen LogP contribution in [0.5, 0.6) is 0 Å². The van der Waals surface area contributed by atoms with Crippen molar-refractivity contribution < 1.29 is 9.90 Å². The van der Waals surface area contributed by atoms with E-state index in [0.29, 0.717) is 10.0 Å². The van der Waals surface area contributed by atoms with E-state index in [0.717, 1.165) is 16.7 Å². The highest BCUT2D eigenvalue weighted by Gasteiger charge is 2.09. The molecule has 4 heteroatoms. The molecule has 0 radical (unpaired) electrons. The Morgan fingerprint density at radius 1 is 1.06 bits per heavy atom. The van der Waals surface area contributed by atoms with Crippen LogP contribution >= 0.6 is 23.2 Å². The molecular formula is C14H10Cl2O2. The fourth-order valence-electron chi connectivity index (χ4n) is 1.64. The molecule has 1 N–H and O–H groups in total. The lowest BCUT2D eigenvalue weighted by molar-refractivity contribution is 0.0697. The number of hydrogen-bond acceptors (Lipinski definition) is 1. The lowest BCUT2D eigenvalue weighted by Gasteiger charge is -2.07. The van der Waals surface area contributed by atoms with Gasteiger partial charge in [-0.3, -0.25) is 0 Å². The fraction of sp³-hybridized carbons (Fsp3) is 0.0714. The molecule has 0 saturated carbocycles. The van der Waals surface area contributed by atoms with E-state index in [4.69, 9.17) is 28.3 Å². The minimum atomic E-state index is -0.995. The molecule has 92 valence electrons. The third kappa shape index (κ3) is 2.50. The summed E-state index contributed by atoms with van der Waals surface area (Å²) in [5.41, 5.74) is 2.79. The van der Waals surface area contributed by atoms with Gasteiger partial charge < -0.3 is 5.11 Å². The average Bonchev–Trinajstić information content (AvgIpc) is 2.32. The number of halogens is 2. The summed E-state index contributed by atoms with van der Waals surface area (Å²) in [5.74, 6) is -0.995. The van der Waals surface area contributed by atoms with E-state index in [1.165, 1.54) is 12.1 Å². The zero-order chi connectivity index (χ0) is 13.3. The van der Waals surface area contributed by atoms with Crippen LogP contribution in [0.2, 0.25) is 10.0 Å². The Labute approximate surface area is 115 Å². The summed E-state index contributed by atoms with van der Waals surface area (Å²) < 4.78 is 0. The number of aromatic carboxylic acids is 1. The summed E-state index contributed by atoms with van der Waals surface area (Å²) in [7, 11) is 0. The van der Waals surface area contributed by atoms with Crippen LogP contribution in [0.3, 0.4) is 0 Å². The molecule has 0 amide bonds.